The summed E-state index contributed by atoms with van der Waals surface area (Å²) in [7, 11) is -3.79. The summed E-state index contributed by atoms with van der Waals surface area (Å²) in [6.45, 7) is 0.637. The zero-order chi connectivity index (χ0) is 13.8. The lowest BCUT2D eigenvalue weighted by molar-refractivity contribution is -0.140. The molecule has 0 radical (unpaired) electrons. The fourth-order valence-corrected chi connectivity index (χ4v) is 3.25. The predicted octanol–water partition coefficient (Wildman–Crippen LogP) is -1.59. The molecule has 0 unspecified atom stereocenters. The van der Waals surface area contributed by atoms with E-state index in [1.54, 1.807) is 0 Å². The molecule has 1 atom stereocenters. The van der Waals surface area contributed by atoms with Gasteiger partial charge in [-0.15, -0.1) is 0 Å². The van der Waals surface area contributed by atoms with E-state index >= 15 is 0 Å². The number of rotatable bonds is 6. The molecular weight excluding hydrogens is 264 g/mol. The summed E-state index contributed by atoms with van der Waals surface area (Å²) in [5, 5.41) is 8.13. The topological polar surface area (TPSA) is 136 Å². The number of carbonyl (C=O) groups excluding carboxylic acids is 1. The van der Waals surface area contributed by atoms with Crippen molar-refractivity contribution in [1.29, 1.82) is 0 Å². The summed E-state index contributed by atoms with van der Waals surface area (Å²) in [6.07, 6.45) is 0.0360. The summed E-state index contributed by atoms with van der Waals surface area (Å²) in [5.41, 5.74) is 4.87. The third-order valence-corrected chi connectivity index (χ3v) is 4.58. The molecule has 1 aliphatic rings. The van der Waals surface area contributed by atoms with Crippen LogP contribution in [0.1, 0.15) is 19.3 Å². The van der Waals surface area contributed by atoms with Crippen LogP contribution < -0.4 is 10.5 Å². The van der Waals surface area contributed by atoms with Gasteiger partial charge in [0.2, 0.25) is 15.9 Å². The van der Waals surface area contributed by atoms with Gasteiger partial charge in [0.25, 0.3) is 0 Å². The van der Waals surface area contributed by atoms with Gasteiger partial charge in [0, 0.05) is 13.2 Å². The summed E-state index contributed by atoms with van der Waals surface area (Å²) in [5.74, 6) is -2.30. The largest absolute Gasteiger partial charge is 0.480 e. The maximum Gasteiger partial charge on any atom is 0.322 e. The number of primary amides is 1. The minimum Gasteiger partial charge on any atom is -0.480 e. The highest BCUT2D eigenvalue weighted by molar-refractivity contribution is 7.90. The lowest BCUT2D eigenvalue weighted by atomic mass is 10.2. The Labute approximate surface area is 105 Å². The molecule has 1 saturated heterocycles. The molecule has 1 rings (SSSR count). The summed E-state index contributed by atoms with van der Waals surface area (Å²) >= 11 is 0. The number of sulfonamides is 1. The third kappa shape index (κ3) is 4.24. The fraction of sp³-hybridized carbons (Fsp3) is 0.778. The van der Waals surface area contributed by atoms with E-state index in [9.17, 15) is 18.0 Å². The van der Waals surface area contributed by atoms with Gasteiger partial charge in [0.15, 0.2) is 0 Å². The second-order valence-corrected chi connectivity index (χ2v) is 6.03. The highest BCUT2D eigenvalue weighted by Gasteiger charge is 2.32. The average molecular weight is 280 g/mol. The molecule has 0 bridgehead atoms. The molecule has 8 nitrogen and oxygen atoms in total. The highest BCUT2D eigenvalue weighted by Crippen LogP contribution is 2.15. The SMILES string of the molecule is NC(=O)C[C@@H](NS(=O)(=O)C1CCOCC1)C(=O)O. The molecule has 4 N–H and O–H groups in total. The van der Waals surface area contributed by atoms with Crippen LogP contribution in [-0.4, -0.2) is 49.9 Å². The molecule has 0 aromatic heterocycles. The van der Waals surface area contributed by atoms with E-state index in [4.69, 9.17) is 15.6 Å². The second-order valence-electron chi connectivity index (χ2n) is 4.04. The van der Waals surface area contributed by atoms with Gasteiger partial charge in [-0.3, -0.25) is 9.59 Å². The quantitative estimate of drug-likeness (QED) is 0.537. The highest BCUT2D eigenvalue weighted by atomic mass is 32.2. The maximum atomic E-state index is 11.9. The number of nitrogens with one attached hydrogen (secondary N) is 1. The number of carboxylic acids is 1. The Morgan fingerprint density at radius 3 is 2.39 bits per heavy atom. The summed E-state index contributed by atoms with van der Waals surface area (Å²) in [4.78, 5) is 21.5. The second kappa shape index (κ2) is 6.12. The molecule has 18 heavy (non-hydrogen) atoms. The maximum absolute atomic E-state index is 11.9. The van der Waals surface area contributed by atoms with Gasteiger partial charge in [0.05, 0.1) is 11.7 Å². The van der Waals surface area contributed by atoms with Gasteiger partial charge in [-0.25, -0.2) is 13.1 Å². The van der Waals surface area contributed by atoms with Gasteiger partial charge >= 0.3 is 5.97 Å². The molecule has 0 aromatic carbocycles. The number of hydrogen-bond acceptors (Lipinski definition) is 5. The van der Waals surface area contributed by atoms with Crippen molar-refractivity contribution >= 4 is 21.9 Å². The third-order valence-electron chi connectivity index (χ3n) is 2.62. The van der Waals surface area contributed by atoms with Crippen molar-refractivity contribution in [3.8, 4) is 0 Å². The van der Waals surface area contributed by atoms with Crippen LogP contribution >= 0.6 is 0 Å². The number of carboxylic acid groups (broad SMARTS) is 1. The van der Waals surface area contributed by atoms with Crippen LogP contribution in [0.15, 0.2) is 0 Å². The van der Waals surface area contributed by atoms with Crippen LogP contribution in [0.25, 0.3) is 0 Å². The first kappa shape index (κ1) is 14.9. The zero-order valence-electron chi connectivity index (χ0n) is 9.66. The van der Waals surface area contributed by atoms with Gasteiger partial charge in [0.1, 0.15) is 6.04 Å². The molecule has 0 spiro atoms. The minimum atomic E-state index is -3.79. The van der Waals surface area contributed by atoms with Crippen molar-refractivity contribution in [2.24, 2.45) is 5.73 Å². The minimum absolute atomic E-state index is 0.304. The first-order valence-corrected chi connectivity index (χ1v) is 6.97. The Morgan fingerprint density at radius 2 is 1.94 bits per heavy atom. The molecule has 1 amide bonds. The zero-order valence-corrected chi connectivity index (χ0v) is 10.5. The molecule has 0 aromatic rings. The van der Waals surface area contributed by atoms with Crippen molar-refractivity contribution in [2.75, 3.05) is 13.2 Å². The van der Waals surface area contributed by atoms with E-state index in [0.717, 1.165) is 0 Å². The molecule has 0 aliphatic carbocycles. The lowest BCUT2D eigenvalue weighted by Crippen LogP contribution is -2.47. The van der Waals surface area contributed by atoms with Crippen LogP contribution in [0.5, 0.6) is 0 Å². The van der Waals surface area contributed by atoms with Crippen molar-refractivity contribution < 1.29 is 27.9 Å². The first-order valence-electron chi connectivity index (χ1n) is 5.43. The predicted molar refractivity (Wildman–Crippen MR) is 61.1 cm³/mol. The normalized spacial score (nSPS) is 19.3. The van der Waals surface area contributed by atoms with Crippen molar-refractivity contribution in [2.45, 2.75) is 30.6 Å². The van der Waals surface area contributed by atoms with Crippen molar-refractivity contribution in [1.82, 2.24) is 4.72 Å². The van der Waals surface area contributed by atoms with Crippen LogP contribution in [0.3, 0.4) is 0 Å². The summed E-state index contributed by atoms with van der Waals surface area (Å²) in [6, 6.07) is -1.52. The molecule has 104 valence electrons. The van der Waals surface area contributed by atoms with E-state index in [1.165, 1.54) is 0 Å². The van der Waals surface area contributed by atoms with E-state index in [2.05, 4.69) is 0 Å². The number of amides is 1. The Kier molecular flexibility index (Phi) is 5.05. The van der Waals surface area contributed by atoms with Crippen LogP contribution in [0.2, 0.25) is 0 Å². The number of ether oxygens (including phenoxy) is 1. The lowest BCUT2D eigenvalue weighted by Gasteiger charge is -2.24. The Bertz CT molecular complexity index is 415. The Balaban J connectivity index is 2.71. The fourth-order valence-electron chi connectivity index (χ4n) is 1.66. The van der Waals surface area contributed by atoms with Crippen LogP contribution in [-0.2, 0) is 24.3 Å². The van der Waals surface area contributed by atoms with Crippen molar-refractivity contribution in [3.63, 3.8) is 0 Å². The molecule has 1 aliphatic heterocycles. The molecule has 0 saturated carbocycles. The van der Waals surface area contributed by atoms with Gasteiger partial charge in [-0.05, 0) is 12.8 Å². The molecule has 1 fully saturated rings. The van der Waals surface area contributed by atoms with Crippen molar-refractivity contribution in [3.05, 3.63) is 0 Å². The first-order chi connectivity index (χ1) is 8.33. The van der Waals surface area contributed by atoms with E-state index in [-0.39, 0.29) is 0 Å². The molecular formula is C9H16N2O6S. The summed E-state index contributed by atoms with van der Waals surface area (Å²) < 4.78 is 30.8. The monoisotopic (exact) mass is 280 g/mol. The number of aliphatic carboxylic acids is 1. The van der Waals surface area contributed by atoms with Gasteiger partial charge in [-0.1, -0.05) is 0 Å². The van der Waals surface area contributed by atoms with Gasteiger partial charge < -0.3 is 15.6 Å². The number of hydrogen-bond donors (Lipinski definition) is 3. The molecule has 1 heterocycles. The van der Waals surface area contributed by atoms with E-state index in [0.29, 0.717) is 26.1 Å². The standard InChI is InChI=1S/C9H16N2O6S/c10-8(12)5-7(9(13)14)11-18(15,16)6-1-3-17-4-2-6/h6-7,11H,1-5H2,(H2,10,12)(H,13,14)/t7-/m1/s1. The smallest absolute Gasteiger partial charge is 0.322 e. The Hall–Kier alpha value is -1.19. The van der Waals surface area contributed by atoms with Gasteiger partial charge in [-0.2, -0.15) is 0 Å². The number of nitrogens with two attached hydrogens (primary N) is 1. The van der Waals surface area contributed by atoms with E-state index < -0.39 is 39.6 Å². The van der Waals surface area contributed by atoms with E-state index in [1.807, 2.05) is 4.72 Å². The molecule has 9 heteroatoms. The van der Waals surface area contributed by atoms with Crippen LogP contribution in [0.4, 0.5) is 0 Å². The Morgan fingerprint density at radius 1 is 1.39 bits per heavy atom. The average Bonchev–Trinajstić information content (AvgIpc) is 2.28. The number of carbonyl (C=O) groups is 2. The van der Waals surface area contributed by atoms with Crippen LogP contribution in [0, 0.1) is 0 Å².